The molecule has 0 radical (unpaired) electrons. The van der Waals surface area contributed by atoms with Crippen LogP contribution in [0.25, 0.3) is 22.6 Å². The van der Waals surface area contributed by atoms with E-state index in [0.29, 0.717) is 0 Å². The smallest absolute Gasteiger partial charge is 0.449 e. The Morgan fingerprint density at radius 1 is 0.444 bits per heavy atom. The first-order chi connectivity index (χ1) is 30.2. The molecular weight excluding hydrogens is 883 g/mol. The number of pyridine rings is 1. The van der Waals surface area contributed by atoms with Gasteiger partial charge in [0.05, 0.1) is 11.4 Å². The van der Waals surface area contributed by atoms with Crippen molar-refractivity contribution in [2.24, 2.45) is 0 Å². The van der Waals surface area contributed by atoms with Crippen LogP contribution < -0.4 is 36.6 Å². The third-order valence-corrected chi connectivity index (χ3v) is 15.1. The number of rotatable bonds is 10. The zero-order chi connectivity index (χ0) is 43.2. The van der Waals surface area contributed by atoms with E-state index in [1.54, 1.807) is 0 Å². The van der Waals surface area contributed by atoms with Crippen molar-refractivity contribution in [3.63, 3.8) is 0 Å². The maximum absolute atomic E-state index is 9.75. The Kier molecular flexibility index (Phi) is 16.8. The molecule has 0 amide bonds. The minimum Gasteiger partial charge on any atom is -0.449 e. The summed E-state index contributed by atoms with van der Waals surface area (Å²) in [6, 6.07) is 78.7. The third kappa shape index (κ3) is 13.2. The van der Waals surface area contributed by atoms with Gasteiger partial charge < -0.3 is 22.0 Å². The van der Waals surface area contributed by atoms with Gasteiger partial charge in [0.2, 0.25) is 0 Å². The number of nitrogens with zero attached hydrogens (tertiary/aromatic N) is 2. The van der Waals surface area contributed by atoms with Crippen molar-refractivity contribution < 1.29 is 39.1 Å². The molecule has 1 N–H and O–H groups in total. The van der Waals surface area contributed by atoms with Gasteiger partial charge in [-0.15, -0.1) is 0 Å². The van der Waals surface area contributed by atoms with Gasteiger partial charge in [-0.05, 0) is 103 Å². The van der Waals surface area contributed by atoms with E-state index in [1.807, 2.05) is 49.4 Å². The summed E-state index contributed by atoms with van der Waals surface area (Å²) in [6.07, 6.45) is 0. The molecule has 2 aromatic heterocycles. The molecule has 2 heterocycles. The zero-order valence-corrected chi connectivity index (χ0v) is 37.0. The summed E-state index contributed by atoms with van der Waals surface area (Å²) in [5.41, 5.74) is 4.90. The molecule has 9 rings (SSSR count). The third-order valence-electron chi connectivity index (χ3n) is 9.60. The van der Waals surface area contributed by atoms with Crippen molar-refractivity contribution >= 4 is 54.9 Å². The normalized spacial score (nSPS) is 10.8. The summed E-state index contributed by atoms with van der Waals surface area (Å²) < 4.78 is 45.9. The van der Waals surface area contributed by atoms with Crippen LogP contribution in [0, 0.1) is 6.92 Å². The van der Waals surface area contributed by atoms with Crippen LogP contribution in [0.2, 0.25) is 0 Å². The fourth-order valence-electron chi connectivity index (χ4n) is 6.92. The summed E-state index contributed by atoms with van der Waals surface area (Å²) in [5.74, 6) is 1.85. The summed E-state index contributed by atoms with van der Waals surface area (Å²) >= 11 is 0. The second-order valence-electron chi connectivity index (χ2n) is 14.0. The Balaban J connectivity index is 0.000000228. The van der Waals surface area contributed by atoms with Crippen molar-refractivity contribution in [2.75, 3.05) is 0 Å². The molecule has 12 heteroatoms. The van der Waals surface area contributed by atoms with E-state index < -0.39 is 23.1 Å². The molecule has 0 unspecified atom stereocenters. The molecule has 318 valence electrons. The van der Waals surface area contributed by atoms with Gasteiger partial charge in [0.1, 0.15) is 53.4 Å². The number of hydrogen-bond donors (Lipinski definition) is 1. The van der Waals surface area contributed by atoms with E-state index >= 15 is 0 Å². The number of aromatic nitrogens is 3. The number of benzene rings is 7. The maximum atomic E-state index is 9.75. The Morgan fingerprint density at radius 3 is 1.21 bits per heavy atom. The van der Waals surface area contributed by atoms with E-state index in [4.69, 9.17) is 4.74 Å². The first-order valence-corrected chi connectivity index (χ1v) is 23.0. The summed E-state index contributed by atoms with van der Waals surface area (Å²) in [6.45, 7) is 1.98. The molecule has 0 saturated carbocycles. The second-order valence-corrected chi connectivity index (χ2v) is 18.9. The van der Waals surface area contributed by atoms with E-state index in [0.717, 1.165) is 39.8 Å². The van der Waals surface area contributed by atoms with Gasteiger partial charge in [-0.3, -0.25) is 10.1 Å². The van der Waals surface area contributed by atoms with Gasteiger partial charge in [-0.1, -0.05) is 133 Å². The van der Waals surface area contributed by atoms with E-state index in [-0.39, 0.29) is 17.1 Å². The van der Waals surface area contributed by atoms with Crippen LogP contribution in [0.15, 0.2) is 224 Å². The van der Waals surface area contributed by atoms with Crippen LogP contribution in [0.3, 0.4) is 0 Å². The molecule has 63 heavy (non-hydrogen) atoms. The van der Waals surface area contributed by atoms with Gasteiger partial charge >= 0.3 is 24.3 Å². The fourth-order valence-corrected chi connectivity index (χ4v) is 12.2. The standard InChI is InChI=1S/C36H28OP2.C15H13N3.BF4.Cu/c1-5-17-29(18-6-1)38(30-19-7-2-8-20-30)35-27-15-13-25-33(35)37-34-26-14-16-28-36(34)39(31-21-9-3-10-22-31)32-23-11-4-12-24-32;1-11-6-5-9-13(16-11)15-10-14(17-18-15)12-7-3-2-4-8-12;2-1(3,4)5;/h1-28H;2-10H,1H3,(H,17,18);;/q;;-1;+1/p+2. The quantitative estimate of drug-likeness (QED) is 0.0845. The molecule has 0 aliphatic heterocycles. The molecular formula is C51H43BCuF4N3OP2+2. The second kappa shape index (κ2) is 22.8. The molecule has 0 saturated heterocycles. The van der Waals surface area contributed by atoms with Gasteiger partial charge in [0, 0.05) is 5.69 Å². The average Bonchev–Trinajstić information content (AvgIpc) is 3.80. The Hall–Kier alpha value is -6.14. The molecule has 7 aromatic carbocycles. The number of aromatic amines is 1. The molecule has 0 bridgehead atoms. The monoisotopic (exact) mass is 925 g/mol. The number of H-pyrrole nitrogens is 1. The Labute approximate surface area is 378 Å². The molecule has 0 atom stereocenters. The van der Waals surface area contributed by atoms with Crippen LogP contribution >= 0.6 is 15.8 Å². The minimum atomic E-state index is -6.00. The van der Waals surface area contributed by atoms with Crippen LogP contribution in [-0.2, 0) is 17.1 Å². The van der Waals surface area contributed by atoms with Crippen LogP contribution in [0.4, 0.5) is 17.3 Å². The first kappa shape index (κ1) is 46.4. The van der Waals surface area contributed by atoms with Crippen molar-refractivity contribution in [1.82, 2.24) is 15.2 Å². The van der Waals surface area contributed by atoms with Gasteiger partial charge in [-0.2, -0.15) is 5.10 Å². The summed E-state index contributed by atoms with van der Waals surface area (Å²) in [5, 5.41) is 15.2. The minimum absolute atomic E-state index is 0. The van der Waals surface area contributed by atoms with E-state index in [1.165, 1.54) is 31.8 Å². The van der Waals surface area contributed by atoms with Crippen molar-refractivity contribution in [3.05, 3.63) is 230 Å². The SMILES string of the molecule is Cc1cccc(-c2cc(-c3ccccc3)[nH]n2)n1.F[B-](F)(F)F.[Cu+].c1ccc([PH+](c2ccccc2)c2ccccc2Oc2ccccc2[PH+](c2ccccc2)c2ccccc2)cc1. The predicted octanol–water partition coefficient (Wildman–Crippen LogP) is 11.2. The van der Waals surface area contributed by atoms with E-state index in [2.05, 4.69) is 197 Å². The van der Waals surface area contributed by atoms with Gasteiger partial charge in [-0.25, -0.2) is 0 Å². The van der Waals surface area contributed by atoms with Crippen molar-refractivity contribution in [3.8, 4) is 34.1 Å². The maximum Gasteiger partial charge on any atom is 1.00 e. The molecule has 4 nitrogen and oxygen atoms in total. The van der Waals surface area contributed by atoms with Gasteiger partial charge in [0.25, 0.3) is 0 Å². The number of para-hydroxylation sites is 2. The van der Waals surface area contributed by atoms with Crippen molar-refractivity contribution in [2.45, 2.75) is 6.92 Å². The van der Waals surface area contributed by atoms with Crippen molar-refractivity contribution in [1.29, 1.82) is 0 Å². The summed E-state index contributed by atoms with van der Waals surface area (Å²) in [7, 11) is -8.56. The number of ether oxygens (including phenoxy) is 1. The zero-order valence-electron chi connectivity index (χ0n) is 34.1. The molecule has 0 spiro atoms. The topological polar surface area (TPSA) is 50.8 Å². The van der Waals surface area contributed by atoms with Gasteiger partial charge in [0.15, 0.2) is 11.5 Å². The average molecular weight is 926 g/mol. The Morgan fingerprint density at radius 2 is 0.810 bits per heavy atom. The summed E-state index contributed by atoms with van der Waals surface area (Å²) in [4.78, 5) is 4.47. The number of aryl methyl sites for hydroxylation is 1. The molecule has 9 aromatic rings. The largest absolute Gasteiger partial charge is 1.00 e. The number of halogens is 4. The number of hydrogen-bond acceptors (Lipinski definition) is 3. The molecule has 0 fully saturated rings. The first-order valence-electron chi connectivity index (χ1n) is 20.0. The number of nitrogens with one attached hydrogen (secondary N) is 1. The van der Waals surface area contributed by atoms with Crippen LogP contribution in [0.5, 0.6) is 11.5 Å². The Bertz CT molecular complexity index is 2540. The predicted molar refractivity (Wildman–Crippen MR) is 255 cm³/mol. The van der Waals surface area contributed by atoms with Crippen LogP contribution in [0.1, 0.15) is 5.69 Å². The molecule has 0 aliphatic carbocycles. The molecule has 0 aliphatic rings. The van der Waals surface area contributed by atoms with Crippen LogP contribution in [-0.4, -0.2) is 22.4 Å². The fraction of sp³-hybridized carbons (Fsp3) is 0.0196. The van der Waals surface area contributed by atoms with E-state index in [9.17, 15) is 17.3 Å².